The lowest BCUT2D eigenvalue weighted by molar-refractivity contribution is -0.205. The number of aliphatic hydroxyl groups is 1. The number of rotatable bonds is 11. The van der Waals surface area contributed by atoms with Gasteiger partial charge in [-0.05, 0) is 49.5 Å². The topological polar surface area (TPSA) is 57.2 Å². The molecule has 2 fully saturated rings. The van der Waals surface area contributed by atoms with Gasteiger partial charge in [0.25, 0.3) is 0 Å². The van der Waals surface area contributed by atoms with Gasteiger partial charge >= 0.3 is 0 Å². The number of aliphatic hydroxyl groups excluding tert-OH is 1. The Kier molecular flexibility index (Phi) is 9.83. The van der Waals surface area contributed by atoms with E-state index in [0.717, 1.165) is 31.3 Å². The SMILES string of the molecule is CC[C@H](OC)[C@@H](C)[C@H]1CC1[C@H](O)[C@@H](C)/C=C/C=C(\C)[C@H]1O[C@H](OC)CC[C@@H]1OC. The molecule has 0 amide bonds. The fraction of sp³-hybridized carbons (Fsp3) is 0.833. The quantitative estimate of drug-likeness (QED) is 0.513. The molecule has 168 valence electrons. The van der Waals surface area contributed by atoms with Gasteiger partial charge in [-0.1, -0.05) is 39.0 Å². The molecule has 2 aliphatic rings. The first kappa shape index (κ1) is 24.5. The highest BCUT2D eigenvalue weighted by Gasteiger charge is 2.48. The molecular weight excluding hydrogens is 368 g/mol. The number of ether oxygens (including phenoxy) is 4. The van der Waals surface area contributed by atoms with Crippen molar-refractivity contribution in [2.45, 2.75) is 84.1 Å². The molecule has 0 radical (unpaired) electrons. The minimum absolute atomic E-state index is 0.0510. The molecule has 0 bridgehead atoms. The van der Waals surface area contributed by atoms with Crippen molar-refractivity contribution in [1.82, 2.24) is 0 Å². The lowest BCUT2D eigenvalue weighted by atomic mass is 9.91. The summed E-state index contributed by atoms with van der Waals surface area (Å²) >= 11 is 0. The molecule has 1 heterocycles. The van der Waals surface area contributed by atoms with Crippen LogP contribution in [0.2, 0.25) is 0 Å². The molecule has 1 saturated heterocycles. The Balaban J connectivity index is 1.90. The average Bonchev–Trinajstić information content (AvgIpc) is 3.54. The Morgan fingerprint density at radius 2 is 1.86 bits per heavy atom. The van der Waals surface area contributed by atoms with E-state index in [1.54, 1.807) is 21.3 Å². The van der Waals surface area contributed by atoms with Gasteiger partial charge in [0, 0.05) is 33.7 Å². The van der Waals surface area contributed by atoms with Gasteiger partial charge in [-0.25, -0.2) is 0 Å². The van der Waals surface area contributed by atoms with E-state index in [1.807, 2.05) is 6.08 Å². The van der Waals surface area contributed by atoms with E-state index >= 15 is 0 Å². The monoisotopic (exact) mass is 410 g/mol. The van der Waals surface area contributed by atoms with E-state index in [2.05, 4.69) is 39.8 Å². The maximum Gasteiger partial charge on any atom is 0.158 e. The van der Waals surface area contributed by atoms with Crippen LogP contribution in [-0.2, 0) is 18.9 Å². The molecular formula is C24H42O5. The molecule has 1 saturated carbocycles. The second kappa shape index (κ2) is 11.6. The summed E-state index contributed by atoms with van der Waals surface area (Å²) in [5.41, 5.74) is 1.11. The van der Waals surface area contributed by atoms with Crippen molar-refractivity contribution in [2.75, 3.05) is 21.3 Å². The number of hydrogen-bond acceptors (Lipinski definition) is 5. The standard InChI is InChI=1S/C24H42O5/c1-8-20(26-5)17(4)18-14-19(18)23(25)15(2)10-9-11-16(3)24-21(27-6)12-13-22(28-7)29-24/h9-11,15,17-25H,8,12-14H2,1-7H3/b10-9+,16-11+/t15-,17-,18+,19?,20-,21-,22-,23+,24+/m0/s1. The second-order valence-corrected chi connectivity index (χ2v) is 8.82. The number of allylic oxidation sites excluding steroid dienone is 2. The van der Waals surface area contributed by atoms with Gasteiger partial charge in [0.05, 0.1) is 18.3 Å². The molecule has 0 spiro atoms. The molecule has 2 rings (SSSR count). The van der Waals surface area contributed by atoms with Crippen molar-refractivity contribution >= 4 is 0 Å². The Morgan fingerprint density at radius 3 is 2.45 bits per heavy atom. The van der Waals surface area contributed by atoms with Crippen LogP contribution in [0, 0.1) is 23.7 Å². The third-order valence-corrected chi connectivity index (χ3v) is 6.95. The summed E-state index contributed by atoms with van der Waals surface area (Å²) in [6.07, 6.45) is 9.85. The van der Waals surface area contributed by atoms with Crippen LogP contribution in [-0.4, -0.2) is 57.1 Å². The highest BCUT2D eigenvalue weighted by molar-refractivity contribution is 5.17. The minimum atomic E-state index is -0.308. The van der Waals surface area contributed by atoms with Crippen LogP contribution >= 0.6 is 0 Å². The van der Waals surface area contributed by atoms with E-state index < -0.39 is 0 Å². The molecule has 0 aromatic rings. The summed E-state index contributed by atoms with van der Waals surface area (Å²) in [5, 5.41) is 10.8. The summed E-state index contributed by atoms with van der Waals surface area (Å²) < 4.78 is 22.6. The highest BCUT2D eigenvalue weighted by Crippen LogP contribution is 2.49. The molecule has 1 unspecified atom stereocenters. The Labute approximate surface area is 177 Å². The van der Waals surface area contributed by atoms with E-state index in [1.165, 1.54) is 0 Å². The van der Waals surface area contributed by atoms with Crippen molar-refractivity contribution in [3.8, 4) is 0 Å². The van der Waals surface area contributed by atoms with Crippen LogP contribution in [0.3, 0.4) is 0 Å². The fourth-order valence-corrected chi connectivity index (χ4v) is 4.83. The summed E-state index contributed by atoms with van der Waals surface area (Å²) in [7, 11) is 5.20. The molecule has 29 heavy (non-hydrogen) atoms. The predicted molar refractivity (Wildman–Crippen MR) is 116 cm³/mol. The van der Waals surface area contributed by atoms with Crippen molar-refractivity contribution in [1.29, 1.82) is 0 Å². The van der Waals surface area contributed by atoms with Crippen LogP contribution in [0.15, 0.2) is 23.8 Å². The van der Waals surface area contributed by atoms with Crippen molar-refractivity contribution in [2.24, 2.45) is 23.7 Å². The normalized spacial score (nSPS) is 34.8. The summed E-state index contributed by atoms with van der Waals surface area (Å²) in [4.78, 5) is 0. The zero-order chi connectivity index (χ0) is 21.6. The van der Waals surface area contributed by atoms with Crippen molar-refractivity contribution < 1.29 is 24.1 Å². The van der Waals surface area contributed by atoms with E-state index in [0.29, 0.717) is 17.8 Å². The van der Waals surface area contributed by atoms with Crippen LogP contribution in [0.5, 0.6) is 0 Å². The fourth-order valence-electron chi connectivity index (χ4n) is 4.83. The highest BCUT2D eigenvalue weighted by atomic mass is 16.7. The minimum Gasteiger partial charge on any atom is -0.392 e. The molecule has 1 aliphatic carbocycles. The van der Waals surface area contributed by atoms with Crippen LogP contribution in [0.25, 0.3) is 0 Å². The lowest BCUT2D eigenvalue weighted by Crippen LogP contribution is -2.41. The van der Waals surface area contributed by atoms with Gasteiger partial charge in [0.15, 0.2) is 6.29 Å². The Bertz CT molecular complexity index is 541. The summed E-state index contributed by atoms with van der Waals surface area (Å²) in [5.74, 6) is 1.54. The average molecular weight is 411 g/mol. The predicted octanol–water partition coefficient (Wildman–Crippen LogP) is 4.35. The Morgan fingerprint density at radius 1 is 1.14 bits per heavy atom. The van der Waals surface area contributed by atoms with E-state index in [4.69, 9.17) is 18.9 Å². The molecule has 9 atom stereocenters. The largest absolute Gasteiger partial charge is 0.392 e. The second-order valence-electron chi connectivity index (χ2n) is 8.82. The van der Waals surface area contributed by atoms with Gasteiger partial charge in [-0.3, -0.25) is 0 Å². The van der Waals surface area contributed by atoms with Crippen LogP contribution in [0.1, 0.15) is 53.4 Å². The third kappa shape index (κ3) is 6.38. The van der Waals surface area contributed by atoms with Gasteiger partial charge in [-0.2, -0.15) is 0 Å². The zero-order valence-corrected chi connectivity index (χ0v) is 19.3. The summed E-state index contributed by atoms with van der Waals surface area (Å²) in [6.45, 7) is 8.57. The van der Waals surface area contributed by atoms with Crippen LogP contribution in [0.4, 0.5) is 0 Å². The zero-order valence-electron chi connectivity index (χ0n) is 19.3. The van der Waals surface area contributed by atoms with E-state index in [9.17, 15) is 5.11 Å². The van der Waals surface area contributed by atoms with Crippen LogP contribution < -0.4 is 0 Å². The smallest absolute Gasteiger partial charge is 0.158 e. The maximum atomic E-state index is 10.8. The van der Waals surface area contributed by atoms with Crippen molar-refractivity contribution in [3.63, 3.8) is 0 Å². The number of hydrogen-bond donors (Lipinski definition) is 1. The third-order valence-electron chi connectivity index (χ3n) is 6.95. The van der Waals surface area contributed by atoms with E-state index in [-0.39, 0.29) is 36.6 Å². The number of methoxy groups -OCH3 is 3. The molecule has 0 aromatic carbocycles. The molecule has 0 aromatic heterocycles. The first-order chi connectivity index (χ1) is 13.9. The van der Waals surface area contributed by atoms with Gasteiger partial charge in [0.1, 0.15) is 6.10 Å². The molecule has 1 N–H and O–H groups in total. The molecule has 5 heteroatoms. The van der Waals surface area contributed by atoms with Gasteiger partial charge in [-0.15, -0.1) is 0 Å². The van der Waals surface area contributed by atoms with Gasteiger partial charge in [0.2, 0.25) is 0 Å². The van der Waals surface area contributed by atoms with Gasteiger partial charge < -0.3 is 24.1 Å². The lowest BCUT2D eigenvalue weighted by Gasteiger charge is -2.35. The summed E-state index contributed by atoms with van der Waals surface area (Å²) in [6, 6.07) is 0. The maximum absolute atomic E-state index is 10.8. The molecule has 1 aliphatic heterocycles. The first-order valence-corrected chi connectivity index (χ1v) is 11.1. The van der Waals surface area contributed by atoms with Crippen molar-refractivity contribution in [3.05, 3.63) is 23.8 Å². The first-order valence-electron chi connectivity index (χ1n) is 11.1. The Hall–Kier alpha value is -0.720. The molecule has 5 nitrogen and oxygen atoms in total.